The minimum Gasteiger partial charge on any atom is -0.261 e. The zero-order valence-electron chi connectivity index (χ0n) is 7.33. The van der Waals surface area contributed by atoms with Crippen LogP contribution in [-0.4, -0.2) is 4.98 Å². The lowest BCUT2D eigenvalue weighted by atomic mass is 9.91. The van der Waals surface area contributed by atoms with E-state index in [0.717, 1.165) is 36.1 Å². The molecule has 0 fully saturated rings. The predicted molar refractivity (Wildman–Crippen MR) is 50.8 cm³/mol. The van der Waals surface area contributed by atoms with Gasteiger partial charge in [-0.2, -0.15) is 5.26 Å². The van der Waals surface area contributed by atoms with E-state index in [9.17, 15) is 0 Å². The van der Waals surface area contributed by atoms with Crippen molar-refractivity contribution in [3.8, 4) is 6.07 Å². The van der Waals surface area contributed by atoms with Gasteiger partial charge in [0.15, 0.2) is 0 Å². The second-order valence-electron chi connectivity index (χ2n) is 3.15. The van der Waals surface area contributed by atoms with E-state index >= 15 is 0 Å². The quantitative estimate of drug-likeness (QED) is 0.560. The van der Waals surface area contributed by atoms with Crippen LogP contribution in [0.25, 0.3) is 5.57 Å². The number of hydrogen-bond donors (Lipinski definition) is 0. The average molecular weight is 170 g/mol. The molecule has 0 radical (unpaired) electrons. The molecule has 0 saturated carbocycles. The number of rotatable bonds is 0. The molecule has 0 spiro atoms. The Kier molecular flexibility index (Phi) is 2.09. The van der Waals surface area contributed by atoms with Gasteiger partial charge in [0, 0.05) is 18.0 Å². The minimum atomic E-state index is 1.01. The number of hydrogen-bond acceptors (Lipinski definition) is 2. The maximum Gasteiger partial charge on any atom is 0.0915 e. The fraction of sp³-hybridized carbons (Fsp3) is 0.273. The molecule has 2 heteroatoms. The summed E-state index contributed by atoms with van der Waals surface area (Å²) in [7, 11) is 0. The Morgan fingerprint density at radius 2 is 2.38 bits per heavy atom. The van der Waals surface area contributed by atoms with Crippen molar-refractivity contribution in [2.45, 2.75) is 19.3 Å². The largest absolute Gasteiger partial charge is 0.261 e. The highest BCUT2D eigenvalue weighted by atomic mass is 14.7. The molecule has 0 saturated heterocycles. The molecule has 0 amide bonds. The Morgan fingerprint density at radius 3 is 3.23 bits per heavy atom. The van der Waals surface area contributed by atoms with Gasteiger partial charge in [0.1, 0.15) is 0 Å². The van der Waals surface area contributed by atoms with Crippen molar-refractivity contribution in [1.82, 2.24) is 4.98 Å². The summed E-state index contributed by atoms with van der Waals surface area (Å²) < 4.78 is 0. The van der Waals surface area contributed by atoms with Crippen molar-refractivity contribution in [3.63, 3.8) is 0 Å². The van der Waals surface area contributed by atoms with Crippen LogP contribution in [0.1, 0.15) is 24.1 Å². The lowest BCUT2D eigenvalue weighted by Gasteiger charge is -2.16. The second-order valence-corrected chi connectivity index (χ2v) is 3.15. The normalized spacial score (nSPS) is 17.9. The monoisotopic (exact) mass is 170 g/mol. The van der Waals surface area contributed by atoms with Gasteiger partial charge in [-0.25, -0.2) is 0 Å². The van der Waals surface area contributed by atoms with Crippen molar-refractivity contribution < 1.29 is 0 Å². The van der Waals surface area contributed by atoms with Gasteiger partial charge in [0.25, 0.3) is 0 Å². The van der Waals surface area contributed by atoms with Crippen molar-refractivity contribution in [2.24, 2.45) is 0 Å². The number of allylic oxidation sites excluding steroid dienone is 2. The molecule has 2 rings (SSSR count). The molecule has 64 valence electrons. The highest BCUT2D eigenvalue weighted by molar-refractivity contribution is 5.70. The van der Waals surface area contributed by atoms with Crippen LogP contribution in [0.15, 0.2) is 24.4 Å². The molecule has 2 nitrogen and oxygen atoms in total. The number of nitrogens with zero attached hydrogens (tertiary/aromatic N) is 2. The molecule has 1 aromatic rings. The summed E-state index contributed by atoms with van der Waals surface area (Å²) in [5.41, 5.74) is 3.43. The number of aromatic nitrogens is 1. The van der Waals surface area contributed by atoms with Crippen LogP contribution >= 0.6 is 0 Å². The molecule has 13 heavy (non-hydrogen) atoms. The standard InChI is InChI=1S/C11H10N2/c12-7-6-9-3-1-5-11-10(9)4-2-8-13-11/h2,4,6,8H,1,3,5H2/b9-6-. The van der Waals surface area contributed by atoms with Crippen LogP contribution in [0.4, 0.5) is 0 Å². The average Bonchev–Trinajstić information content (AvgIpc) is 2.19. The van der Waals surface area contributed by atoms with Gasteiger partial charge in [0.2, 0.25) is 0 Å². The summed E-state index contributed by atoms with van der Waals surface area (Å²) in [6.45, 7) is 0. The smallest absolute Gasteiger partial charge is 0.0915 e. The summed E-state index contributed by atoms with van der Waals surface area (Å²) in [5.74, 6) is 0. The first kappa shape index (κ1) is 8.00. The van der Waals surface area contributed by atoms with Crippen LogP contribution in [0, 0.1) is 11.3 Å². The molecule has 1 aromatic heterocycles. The van der Waals surface area contributed by atoms with Gasteiger partial charge >= 0.3 is 0 Å². The van der Waals surface area contributed by atoms with E-state index < -0.39 is 0 Å². The van der Waals surface area contributed by atoms with Crippen molar-refractivity contribution in [1.29, 1.82) is 5.26 Å². The van der Waals surface area contributed by atoms with Gasteiger partial charge in [-0.1, -0.05) is 6.07 Å². The maximum atomic E-state index is 8.60. The predicted octanol–water partition coefficient (Wildman–Crippen LogP) is 2.32. The number of nitriles is 1. The SMILES string of the molecule is N#C/C=C1/CCCc2ncccc21. The Bertz CT molecular complexity index is 385. The highest BCUT2D eigenvalue weighted by Crippen LogP contribution is 2.28. The van der Waals surface area contributed by atoms with Gasteiger partial charge in [0.05, 0.1) is 6.07 Å². The molecular formula is C11H10N2. The first-order valence-corrected chi connectivity index (χ1v) is 4.45. The van der Waals surface area contributed by atoms with E-state index in [1.807, 2.05) is 18.3 Å². The van der Waals surface area contributed by atoms with E-state index in [-0.39, 0.29) is 0 Å². The van der Waals surface area contributed by atoms with Crippen LogP contribution in [-0.2, 0) is 6.42 Å². The lowest BCUT2D eigenvalue weighted by Crippen LogP contribution is -2.03. The zero-order valence-corrected chi connectivity index (χ0v) is 7.33. The van der Waals surface area contributed by atoms with Gasteiger partial charge in [-0.3, -0.25) is 4.98 Å². The molecule has 0 aromatic carbocycles. The second kappa shape index (κ2) is 3.40. The molecule has 0 N–H and O–H groups in total. The van der Waals surface area contributed by atoms with Crippen LogP contribution in [0.5, 0.6) is 0 Å². The van der Waals surface area contributed by atoms with E-state index in [2.05, 4.69) is 11.1 Å². The third-order valence-electron chi connectivity index (χ3n) is 2.33. The molecule has 0 unspecified atom stereocenters. The lowest BCUT2D eigenvalue weighted by molar-refractivity contribution is 0.793. The number of pyridine rings is 1. The molecule has 1 heterocycles. The number of fused-ring (bicyclic) bond motifs is 1. The topological polar surface area (TPSA) is 36.7 Å². The highest BCUT2D eigenvalue weighted by Gasteiger charge is 2.13. The summed E-state index contributed by atoms with van der Waals surface area (Å²) in [6, 6.07) is 6.06. The van der Waals surface area contributed by atoms with E-state index in [0.29, 0.717) is 0 Å². The van der Waals surface area contributed by atoms with Crippen molar-refractivity contribution in [2.75, 3.05) is 0 Å². The van der Waals surface area contributed by atoms with Gasteiger partial charge < -0.3 is 0 Å². The molecule has 0 aliphatic heterocycles. The maximum absolute atomic E-state index is 8.60. The molecule has 1 aliphatic rings. The first-order chi connectivity index (χ1) is 6.42. The van der Waals surface area contributed by atoms with Gasteiger partial charge in [-0.15, -0.1) is 0 Å². The van der Waals surface area contributed by atoms with Crippen molar-refractivity contribution in [3.05, 3.63) is 35.7 Å². The zero-order chi connectivity index (χ0) is 9.10. The first-order valence-electron chi connectivity index (χ1n) is 4.45. The van der Waals surface area contributed by atoms with Crippen LogP contribution in [0.3, 0.4) is 0 Å². The Morgan fingerprint density at radius 1 is 1.46 bits per heavy atom. The summed E-state index contributed by atoms with van der Waals surface area (Å²) >= 11 is 0. The molecule has 1 aliphatic carbocycles. The Labute approximate surface area is 77.5 Å². The third-order valence-corrected chi connectivity index (χ3v) is 2.33. The van der Waals surface area contributed by atoms with E-state index in [1.54, 1.807) is 6.08 Å². The van der Waals surface area contributed by atoms with Crippen molar-refractivity contribution >= 4 is 5.57 Å². The van der Waals surface area contributed by atoms with E-state index in [1.165, 1.54) is 0 Å². The number of aryl methyl sites for hydroxylation is 1. The summed E-state index contributed by atoms with van der Waals surface area (Å²) in [5, 5.41) is 8.60. The fourth-order valence-corrected chi connectivity index (χ4v) is 1.74. The minimum absolute atomic E-state index is 1.01. The van der Waals surface area contributed by atoms with Gasteiger partial charge in [-0.05, 0) is 36.5 Å². The molecule has 0 atom stereocenters. The molecule has 0 bridgehead atoms. The summed E-state index contributed by atoms with van der Waals surface area (Å²) in [6.07, 6.45) is 6.61. The molecular weight excluding hydrogens is 160 g/mol. The Hall–Kier alpha value is -1.62. The third kappa shape index (κ3) is 1.46. The van der Waals surface area contributed by atoms with Crippen LogP contribution in [0.2, 0.25) is 0 Å². The Balaban J connectivity index is 2.50. The fourth-order valence-electron chi connectivity index (χ4n) is 1.74. The summed E-state index contributed by atoms with van der Waals surface area (Å²) in [4.78, 5) is 4.30. The van der Waals surface area contributed by atoms with Crippen LogP contribution < -0.4 is 0 Å². The van der Waals surface area contributed by atoms with E-state index in [4.69, 9.17) is 5.26 Å².